The SMILES string of the molecule is Nc1cnc2cccc(Oc3cc(N4CCN(Cc5ccc(F)cc5)CC4)ncn3)c2n1. The third-order valence-electron chi connectivity index (χ3n) is 5.41. The lowest BCUT2D eigenvalue weighted by Gasteiger charge is -2.35. The summed E-state index contributed by atoms with van der Waals surface area (Å²) >= 11 is 0. The zero-order valence-corrected chi connectivity index (χ0v) is 17.4. The summed E-state index contributed by atoms with van der Waals surface area (Å²) in [5.74, 6) is 1.90. The Bertz CT molecular complexity index is 1230. The second-order valence-corrected chi connectivity index (χ2v) is 7.62. The first-order valence-electron chi connectivity index (χ1n) is 10.4. The smallest absolute Gasteiger partial charge is 0.224 e. The highest BCUT2D eigenvalue weighted by Crippen LogP contribution is 2.28. The Hall–Kier alpha value is -3.85. The number of ether oxygens (including phenoxy) is 1. The van der Waals surface area contributed by atoms with Crippen molar-refractivity contribution in [3.05, 3.63) is 72.4 Å². The quantitative estimate of drug-likeness (QED) is 0.515. The van der Waals surface area contributed by atoms with Crippen LogP contribution in [-0.4, -0.2) is 51.0 Å². The summed E-state index contributed by atoms with van der Waals surface area (Å²) in [7, 11) is 0. The van der Waals surface area contributed by atoms with E-state index in [2.05, 4.69) is 29.7 Å². The fourth-order valence-electron chi connectivity index (χ4n) is 3.76. The number of nitrogens with two attached hydrogens (primary N) is 1. The van der Waals surface area contributed by atoms with Gasteiger partial charge in [-0.25, -0.2) is 19.3 Å². The number of aromatic nitrogens is 4. The Morgan fingerprint density at radius 3 is 2.59 bits per heavy atom. The van der Waals surface area contributed by atoms with Crippen molar-refractivity contribution < 1.29 is 9.13 Å². The van der Waals surface area contributed by atoms with E-state index in [0.29, 0.717) is 28.5 Å². The average molecular weight is 431 g/mol. The van der Waals surface area contributed by atoms with E-state index < -0.39 is 0 Å². The Labute approximate surface area is 184 Å². The van der Waals surface area contributed by atoms with Gasteiger partial charge in [0.1, 0.15) is 29.3 Å². The van der Waals surface area contributed by atoms with Crippen LogP contribution in [0.3, 0.4) is 0 Å². The molecule has 0 saturated carbocycles. The van der Waals surface area contributed by atoms with E-state index in [4.69, 9.17) is 10.5 Å². The average Bonchev–Trinajstić information content (AvgIpc) is 2.82. The third-order valence-corrected chi connectivity index (χ3v) is 5.41. The van der Waals surface area contributed by atoms with E-state index in [9.17, 15) is 4.39 Å². The van der Waals surface area contributed by atoms with Crippen molar-refractivity contribution >= 4 is 22.7 Å². The largest absolute Gasteiger partial charge is 0.436 e. The zero-order valence-electron chi connectivity index (χ0n) is 17.4. The fourth-order valence-corrected chi connectivity index (χ4v) is 3.76. The molecule has 3 heterocycles. The third kappa shape index (κ3) is 4.42. The van der Waals surface area contributed by atoms with Crippen LogP contribution in [0.25, 0.3) is 11.0 Å². The van der Waals surface area contributed by atoms with Crippen LogP contribution in [0.1, 0.15) is 5.56 Å². The van der Waals surface area contributed by atoms with E-state index >= 15 is 0 Å². The van der Waals surface area contributed by atoms with Crippen molar-refractivity contribution in [2.24, 2.45) is 0 Å². The van der Waals surface area contributed by atoms with E-state index in [0.717, 1.165) is 44.1 Å². The van der Waals surface area contributed by atoms with Gasteiger partial charge in [0.05, 0.1) is 11.7 Å². The van der Waals surface area contributed by atoms with Crippen LogP contribution in [0.4, 0.5) is 16.0 Å². The summed E-state index contributed by atoms with van der Waals surface area (Å²) in [6, 6.07) is 14.0. The van der Waals surface area contributed by atoms with Gasteiger partial charge in [-0.2, -0.15) is 0 Å². The van der Waals surface area contributed by atoms with E-state index in [1.807, 2.05) is 36.4 Å². The van der Waals surface area contributed by atoms with E-state index in [1.165, 1.54) is 24.7 Å². The number of rotatable bonds is 5. The molecule has 162 valence electrons. The highest BCUT2D eigenvalue weighted by Gasteiger charge is 2.19. The molecule has 0 bridgehead atoms. The van der Waals surface area contributed by atoms with Gasteiger partial charge in [0.15, 0.2) is 5.75 Å². The van der Waals surface area contributed by atoms with Crippen molar-refractivity contribution in [1.82, 2.24) is 24.8 Å². The van der Waals surface area contributed by atoms with Crippen LogP contribution in [0, 0.1) is 5.82 Å². The lowest BCUT2D eigenvalue weighted by atomic mass is 10.2. The summed E-state index contributed by atoms with van der Waals surface area (Å²) in [6.07, 6.45) is 3.02. The molecule has 32 heavy (non-hydrogen) atoms. The van der Waals surface area contributed by atoms with Gasteiger partial charge >= 0.3 is 0 Å². The number of fused-ring (bicyclic) bond motifs is 1. The molecule has 1 saturated heterocycles. The summed E-state index contributed by atoms with van der Waals surface area (Å²) < 4.78 is 19.1. The van der Waals surface area contributed by atoms with Crippen molar-refractivity contribution in [2.75, 3.05) is 36.8 Å². The molecule has 1 fully saturated rings. The summed E-state index contributed by atoms with van der Waals surface area (Å²) in [6.45, 7) is 4.23. The molecule has 0 amide bonds. The highest BCUT2D eigenvalue weighted by atomic mass is 19.1. The molecule has 0 spiro atoms. The van der Waals surface area contributed by atoms with Gasteiger partial charge in [-0.05, 0) is 29.8 Å². The van der Waals surface area contributed by atoms with Crippen LogP contribution in [-0.2, 0) is 6.54 Å². The molecule has 2 aromatic carbocycles. The Kier molecular flexibility index (Phi) is 5.47. The number of benzene rings is 2. The minimum Gasteiger partial charge on any atom is -0.436 e. The highest BCUT2D eigenvalue weighted by molar-refractivity contribution is 5.82. The predicted molar refractivity (Wildman–Crippen MR) is 120 cm³/mol. The normalized spacial score (nSPS) is 14.6. The molecule has 9 heteroatoms. The number of nitrogens with zero attached hydrogens (tertiary/aromatic N) is 6. The van der Waals surface area contributed by atoms with Crippen molar-refractivity contribution in [3.8, 4) is 11.6 Å². The minimum absolute atomic E-state index is 0.209. The van der Waals surface area contributed by atoms with Crippen molar-refractivity contribution in [3.63, 3.8) is 0 Å². The summed E-state index contributed by atoms with van der Waals surface area (Å²) in [5.41, 5.74) is 8.18. The fraction of sp³-hybridized carbons (Fsp3) is 0.217. The number of piperazine rings is 1. The lowest BCUT2D eigenvalue weighted by molar-refractivity contribution is 0.249. The number of hydrogen-bond donors (Lipinski definition) is 1. The summed E-state index contributed by atoms with van der Waals surface area (Å²) in [4.78, 5) is 21.9. The molecule has 1 aliphatic rings. The van der Waals surface area contributed by atoms with Crippen LogP contribution in [0.15, 0.2) is 61.1 Å². The maximum absolute atomic E-state index is 13.1. The Morgan fingerprint density at radius 1 is 0.969 bits per heavy atom. The van der Waals surface area contributed by atoms with Crippen LogP contribution in [0.5, 0.6) is 11.6 Å². The molecule has 0 radical (unpaired) electrons. The van der Waals surface area contributed by atoms with Gasteiger partial charge in [-0.3, -0.25) is 9.88 Å². The molecule has 0 aliphatic carbocycles. The number of anilines is 2. The van der Waals surface area contributed by atoms with Crippen molar-refractivity contribution in [1.29, 1.82) is 0 Å². The van der Waals surface area contributed by atoms with Gasteiger partial charge < -0.3 is 15.4 Å². The number of hydrogen-bond acceptors (Lipinski definition) is 8. The minimum atomic E-state index is -0.209. The second kappa shape index (κ2) is 8.72. The van der Waals surface area contributed by atoms with Crippen LogP contribution < -0.4 is 15.4 Å². The zero-order chi connectivity index (χ0) is 21.9. The maximum Gasteiger partial charge on any atom is 0.224 e. The van der Waals surface area contributed by atoms with Gasteiger partial charge in [-0.15, -0.1) is 0 Å². The first-order valence-corrected chi connectivity index (χ1v) is 10.4. The van der Waals surface area contributed by atoms with Gasteiger partial charge in [0.2, 0.25) is 5.88 Å². The predicted octanol–water partition coefficient (Wildman–Crippen LogP) is 3.26. The van der Waals surface area contributed by atoms with Gasteiger partial charge in [0.25, 0.3) is 0 Å². The molecule has 0 atom stereocenters. The molecular weight excluding hydrogens is 409 g/mol. The van der Waals surface area contributed by atoms with E-state index in [-0.39, 0.29) is 5.82 Å². The molecule has 5 rings (SSSR count). The van der Waals surface area contributed by atoms with Crippen molar-refractivity contribution in [2.45, 2.75) is 6.54 Å². The molecule has 8 nitrogen and oxygen atoms in total. The van der Waals surface area contributed by atoms with Crippen LogP contribution in [0.2, 0.25) is 0 Å². The standard InChI is InChI=1S/C23H22FN7O/c24-17-6-4-16(5-7-17)14-30-8-10-31(11-9-30)21-12-22(28-15-27-21)32-19-3-1-2-18-23(19)29-20(25)13-26-18/h1-7,12-13,15H,8-11,14H2,(H2,25,29). The lowest BCUT2D eigenvalue weighted by Crippen LogP contribution is -2.46. The monoisotopic (exact) mass is 431 g/mol. The molecule has 0 unspecified atom stereocenters. The molecule has 2 N–H and O–H groups in total. The summed E-state index contributed by atoms with van der Waals surface area (Å²) in [5, 5.41) is 0. The first kappa shape index (κ1) is 20.1. The number of para-hydroxylation sites is 1. The number of nitrogen functional groups attached to an aromatic ring is 1. The Morgan fingerprint density at radius 2 is 1.78 bits per heavy atom. The van der Waals surface area contributed by atoms with Crippen LogP contribution >= 0.6 is 0 Å². The van der Waals surface area contributed by atoms with Gasteiger partial charge in [0, 0.05) is 38.8 Å². The van der Waals surface area contributed by atoms with Gasteiger partial charge in [-0.1, -0.05) is 18.2 Å². The van der Waals surface area contributed by atoms with E-state index in [1.54, 1.807) is 0 Å². The Balaban J connectivity index is 1.26. The maximum atomic E-state index is 13.1. The number of halogens is 1. The molecule has 4 aromatic rings. The molecular formula is C23H22FN7O. The first-order chi connectivity index (χ1) is 15.6. The topological polar surface area (TPSA) is 93.3 Å². The second-order valence-electron chi connectivity index (χ2n) is 7.62. The molecule has 2 aromatic heterocycles. The molecule has 1 aliphatic heterocycles.